The van der Waals surface area contributed by atoms with E-state index in [2.05, 4.69) is 0 Å². The van der Waals surface area contributed by atoms with Crippen LogP contribution in [0.2, 0.25) is 0 Å². The maximum atomic E-state index is 12.6. The fourth-order valence-electron chi connectivity index (χ4n) is 2.12. The number of hydrogen-bond donors (Lipinski definition) is 1. The lowest BCUT2D eigenvalue weighted by Gasteiger charge is -2.26. The van der Waals surface area contributed by atoms with Gasteiger partial charge < -0.3 is 5.73 Å². The first kappa shape index (κ1) is 14.5. The molecule has 1 aromatic rings. The molecule has 1 aliphatic rings. The Bertz CT molecular complexity index is 616. The van der Waals surface area contributed by atoms with Crippen molar-refractivity contribution in [1.29, 1.82) is 0 Å². The molecule has 7 heteroatoms. The fraction of sp³-hybridized carbons (Fsp3) is 0.500. The molecule has 1 fully saturated rings. The number of nitrogens with two attached hydrogens (primary N) is 1. The Balaban J connectivity index is 2.42. The van der Waals surface area contributed by atoms with E-state index in [0.29, 0.717) is 30.3 Å². The lowest BCUT2D eigenvalue weighted by molar-refractivity contribution is 0.438. The lowest BCUT2D eigenvalue weighted by Crippen LogP contribution is -2.42. The molecule has 1 aromatic carbocycles. The quantitative estimate of drug-likeness (QED) is 0.813. The normalized spacial score (nSPS) is 18.6. The number of hydrogen-bond acceptors (Lipinski definition) is 4. The smallest absolute Gasteiger partial charge is 0.243 e. The first-order valence-electron chi connectivity index (χ1n) is 6.04. The number of aryl methyl sites for hydroxylation is 1. The Hall–Kier alpha value is -0.920. The number of nitrogens with zero attached hydrogens (tertiary/aromatic N) is 1. The topological polar surface area (TPSA) is 80.5 Å². The van der Waals surface area contributed by atoms with Crippen LogP contribution < -0.4 is 5.73 Å². The van der Waals surface area contributed by atoms with Crippen LogP contribution in [-0.4, -0.2) is 41.5 Å². The molecule has 19 heavy (non-hydrogen) atoms. The van der Waals surface area contributed by atoms with Crippen LogP contribution >= 0.6 is 0 Å². The van der Waals surface area contributed by atoms with E-state index < -0.39 is 20.8 Å². The van der Waals surface area contributed by atoms with Gasteiger partial charge in [-0.05, 0) is 37.1 Å². The van der Waals surface area contributed by atoms with Crippen molar-refractivity contribution in [2.24, 2.45) is 0 Å². The summed E-state index contributed by atoms with van der Waals surface area (Å²) >= 11 is 0. The summed E-state index contributed by atoms with van der Waals surface area (Å²) in [6.45, 7) is 4.24. The van der Waals surface area contributed by atoms with E-state index >= 15 is 0 Å². The third kappa shape index (κ3) is 2.82. The summed E-state index contributed by atoms with van der Waals surface area (Å²) < 4.78 is 37.9. The van der Waals surface area contributed by atoms with Crippen molar-refractivity contribution in [2.45, 2.75) is 18.7 Å². The molecule has 0 atom stereocenters. The number of sulfonamides is 1. The van der Waals surface area contributed by atoms with E-state index in [-0.39, 0.29) is 4.90 Å². The molecule has 0 amide bonds. The molecule has 1 aliphatic heterocycles. The van der Waals surface area contributed by atoms with Gasteiger partial charge in [0.1, 0.15) is 0 Å². The summed E-state index contributed by atoms with van der Waals surface area (Å²) in [7, 11) is -4.44. The molecule has 0 radical (unpaired) electrons. The van der Waals surface area contributed by atoms with Crippen molar-refractivity contribution >= 4 is 26.5 Å². The highest BCUT2D eigenvalue weighted by Gasteiger charge is 2.29. The third-order valence-corrected chi connectivity index (χ3v) is 6.70. The molecule has 0 spiro atoms. The molecule has 5 nitrogen and oxygen atoms in total. The predicted molar refractivity (Wildman–Crippen MR) is 77.0 cm³/mol. The first-order chi connectivity index (χ1) is 8.82. The van der Waals surface area contributed by atoms with Gasteiger partial charge in [0.15, 0.2) is 0 Å². The molecule has 0 saturated carbocycles. The summed E-state index contributed by atoms with van der Waals surface area (Å²) in [6, 6.07) is 3.27. The van der Waals surface area contributed by atoms with Crippen molar-refractivity contribution in [1.82, 2.24) is 4.31 Å². The number of nitrogen functional groups attached to an aromatic ring is 1. The van der Waals surface area contributed by atoms with Crippen LogP contribution in [0.1, 0.15) is 11.1 Å². The maximum Gasteiger partial charge on any atom is 0.243 e. The molecule has 0 aromatic heterocycles. The van der Waals surface area contributed by atoms with Crippen LogP contribution in [0.4, 0.5) is 5.69 Å². The molecule has 2 N–H and O–H groups in total. The van der Waals surface area contributed by atoms with Crippen LogP contribution in [-0.2, 0) is 20.8 Å². The van der Waals surface area contributed by atoms with Crippen LogP contribution in [0.3, 0.4) is 0 Å². The van der Waals surface area contributed by atoms with Crippen LogP contribution in [0.15, 0.2) is 17.0 Å². The van der Waals surface area contributed by atoms with Gasteiger partial charge in [0.05, 0.1) is 4.90 Å². The largest absolute Gasteiger partial charge is 0.399 e. The zero-order valence-corrected chi connectivity index (χ0v) is 12.7. The van der Waals surface area contributed by atoms with Crippen molar-refractivity contribution in [3.63, 3.8) is 0 Å². The second-order valence-electron chi connectivity index (χ2n) is 4.71. The van der Waals surface area contributed by atoms with Gasteiger partial charge in [-0.15, -0.1) is 0 Å². The summed E-state index contributed by atoms with van der Waals surface area (Å²) in [5.74, 6) is 0.805. The second kappa shape index (κ2) is 5.22. The van der Waals surface area contributed by atoms with Crippen LogP contribution in [0.5, 0.6) is 0 Å². The molecule has 1 heterocycles. The first-order valence-corrected chi connectivity index (χ1v) is 8.97. The number of anilines is 1. The second-order valence-corrected chi connectivity index (χ2v) is 8.32. The minimum atomic E-state index is -3.54. The van der Waals surface area contributed by atoms with Gasteiger partial charge in [-0.3, -0.25) is 4.21 Å². The van der Waals surface area contributed by atoms with Crippen molar-refractivity contribution in [3.05, 3.63) is 23.3 Å². The molecule has 0 aliphatic carbocycles. The zero-order chi connectivity index (χ0) is 14.2. The standard InChI is InChI=1S/C12H18N2O3S2/c1-9-7-11(13)8-12(10(9)2)19(16,17)14-3-5-18(15)6-4-14/h7-8H,3-6,13H2,1-2H3. The van der Waals surface area contributed by atoms with E-state index in [1.54, 1.807) is 13.0 Å². The van der Waals surface area contributed by atoms with Crippen molar-refractivity contribution in [2.75, 3.05) is 30.3 Å². The van der Waals surface area contributed by atoms with Gasteiger partial charge in [0.25, 0.3) is 0 Å². The summed E-state index contributed by atoms with van der Waals surface area (Å²) in [5.41, 5.74) is 7.77. The monoisotopic (exact) mass is 302 g/mol. The van der Waals surface area contributed by atoms with E-state index in [4.69, 9.17) is 5.73 Å². The van der Waals surface area contributed by atoms with Gasteiger partial charge in [0.2, 0.25) is 10.0 Å². The highest BCUT2D eigenvalue weighted by atomic mass is 32.2. The van der Waals surface area contributed by atoms with Gasteiger partial charge in [-0.1, -0.05) is 0 Å². The molecular formula is C12H18N2O3S2. The van der Waals surface area contributed by atoms with Gasteiger partial charge in [-0.25, -0.2) is 8.42 Å². The zero-order valence-electron chi connectivity index (χ0n) is 11.0. The minimum absolute atomic E-state index is 0.262. The highest BCUT2D eigenvalue weighted by Crippen LogP contribution is 2.26. The van der Waals surface area contributed by atoms with E-state index in [1.165, 1.54) is 10.4 Å². The SMILES string of the molecule is Cc1cc(N)cc(S(=O)(=O)N2CCS(=O)CC2)c1C. The van der Waals surface area contributed by atoms with Crippen molar-refractivity contribution < 1.29 is 12.6 Å². The highest BCUT2D eigenvalue weighted by molar-refractivity contribution is 7.89. The Kier molecular flexibility index (Phi) is 3.98. The molecular weight excluding hydrogens is 284 g/mol. The minimum Gasteiger partial charge on any atom is -0.399 e. The van der Waals surface area contributed by atoms with E-state index in [9.17, 15) is 12.6 Å². The average Bonchev–Trinajstić information content (AvgIpc) is 2.34. The maximum absolute atomic E-state index is 12.6. The summed E-state index contributed by atoms with van der Waals surface area (Å²) in [6.07, 6.45) is 0. The predicted octanol–water partition coefficient (Wildman–Crippen LogP) is 0.639. The van der Waals surface area contributed by atoms with Gasteiger partial charge >= 0.3 is 0 Å². The Labute approximate surface area is 116 Å². The summed E-state index contributed by atoms with van der Waals surface area (Å²) in [5, 5.41) is 0. The summed E-state index contributed by atoms with van der Waals surface area (Å²) in [4.78, 5) is 0.262. The van der Waals surface area contributed by atoms with Crippen LogP contribution in [0, 0.1) is 13.8 Å². The molecule has 106 valence electrons. The molecule has 0 unspecified atom stereocenters. The Morgan fingerprint density at radius 3 is 2.37 bits per heavy atom. The van der Waals surface area contributed by atoms with Crippen LogP contribution in [0.25, 0.3) is 0 Å². The van der Waals surface area contributed by atoms with Gasteiger partial charge in [-0.2, -0.15) is 4.31 Å². The lowest BCUT2D eigenvalue weighted by atomic mass is 10.1. The van der Waals surface area contributed by atoms with E-state index in [1.807, 2.05) is 6.92 Å². The van der Waals surface area contributed by atoms with Gasteiger partial charge in [0, 0.05) is 41.1 Å². The molecule has 0 bridgehead atoms. The number of rotatable bonds is 2. The molecule has 2 rings (SSSR count). The Morgan fingerprint density at radius 2 is 1.79 bits per heavy atom. The average molecular weight is 302 g/mol. The Morgan fingerprint density at radius 1 is 1.21 bits per heavy atom. The van der Waals surface area contributed by atoms with Crippen molar-refractivity contribution in [3.8, 4) is 0 Å². The van der Waals surface area contributed by atoms with E-state index in [0.717, 1.165) is 11.1 Å². The number of benzene rings is 1. The fourth-order valence-corrected chi connectivity index (χ4v) is 5.18. The molecule has 1 saturated heterocycles. The third-order valence-electron chi connectivity index (χ3n) is 3.40.